The van der Waals surface area contributed by atoms with Crippen molar-refractivity contribution in [1.82, 2.24) is 15.5 Å². The zero-order valence-electron chi connectivity index (χ0n) is 9.19. The summed E-state index contributed by atoms with van der Waals surface area (Å²) in [5, 5.41) is 7.06. The van der Waals surface area contributed by atoms with Crippen molar-refractivity contribution < 1.29 is 9.26 Å². The van der Waals surface area contributed by atoms with Crippen LogP contribution in [0.3, 0.4) is 0 Å². The van der Waals surface area contributed by atoms with Gasteiger partial charge in [-0.15, -0.1) is 0 Å². The van der Waals surface area contributed by atoms with Gasteiger partial charge in [0.05, 0.1) is 6.04 Å². The highest BCUT2D eigenvalue weighted by Gasteiger charge is 2.22. The molecule has 0 bridgehead atoms. The standard InChI is InChI=1S/C10H17N3O2/c1-7(11-2)9-12-10(15-13-9)8-3-5-14-6-4-8/h7-8,11H,3-6H2,1-2H3. The molecule has 0 radical (unpaired) electrons. The van der Waals surface area contributed by atoms with Crippen LogP contribution in [-0.4, -0.2) is 30.4 Å². The summed E-state index contributed by atoms with van der Waals surface area (Å²) in [6, 6.07) is 0.141. The lowest BCUT2D eigenvalue weighted by Crippen LogP contribution is -2.16. The predicted molar refractivity (Wildman–Crippen MR) is 54.6 cm³/mol. The second-order valence-electron chi connectivity index (χ2n) is 3.89. The molecular weight excluding hydrogens is 194 g/mol. The minimum atomic E-state index is 0.141. The van der Waals surface area contributed by atoms with Crippen LogP contribution in [0.4, 0.5) is 0 Å². The van der Waals surface area contributed by atoms with Crippen LogP contribution in [0.2, 0.25) is 0 Å². The van der Waals surface area contributed by atoms with Crippen LogP contribution < -0.4 is 5.32 Å². The lowest BCUT2D eigenvalue weighted by atomic mass is 10.0. The maximum atomic E-state index is 5.29. The molecule has 2 rings (SSSR count). The molecule has 1 aromatic rings. The number of nitrogens with one attached hydrogen (secondary N) is 1. The van der Waals surface area contributed by atoms with Crippen molar-refractivity contribution in [3.05, 3.63) is 11.7 Å². The third kappa shape index (κ3) is 2.35. The fourth-order valence-corrected chi connectivity index (χ4v) is 1.66. The zero-order chi connectivity index (χ0) is 10.7. The van der Waals surface area contributed by atoms with Gasteiger partial charge in [0.2, 0.25) is 5.89 Å². The van der Waals surface area contributed by atoms with Gasteiger partial charge in [0, 0.05) is 19.1 Å². The molecule has 0 saturated carbocycles. The summed E-state index contributed by atoms with van der Waals surface area (Å²) in [5.74, 6) is 1.87. The van der Waals surface area contributed by atoms with Crippen LogP contribution >= 0.6 is 0 Å². The van der Waals surface area contributed by atoms with Gasteiger partial charge >= 0.3 is 0 Å². The van der Waals surface area contributed by atoms with Gasteiger partial charge in [-0.05, 0) is 26.8 Å². The fourth-order valence-electron chi connectivity index (χ4n) is 1.66. The van der Waals surface area contributed by atoms with Crippen molar-refractivity contribution >= 4 is 0 Å². The number of ether oxygens (including phenoxy) is 1. The summed E-state index contributed by atoms with van der Waals surface area (Å²) < 4.78 is 10.6. The first-order valence-electron chi connectivity index (χ1n) is 5.39. The van der Waals surface area contributed by atoms with Crippen molar-refractivity contribution in [2.45, 2.75) is 31.7 Å². The number of hydrogen-bond acceptors (Lipinski definition) is 5. The molecule has 0 aromatic carbocycles. The molecule has 1 fully saturated rings. The molecule has 0 aliphatic carbocycles. The number of aromatic nitrogens is 2. The minimum Gasteiger partial charge on any atom is -0.381 e. The van der Waals surface area contributed by atoms with E-state index in [1.807, 2.05) is 14.0 Å². The Bertz CT molecular complexity index is 307. The zero-order valence-corrected chi connectivity index (χ0v) is 9.19. The molecule has 1 aliphatic heterocycles. The normalized spacial score (nSPS) is 20.4. The Morgan fingerprint density at radius 1 is 1.40 bits per heavy atom. The molecule has 0 spiro atoms. The third-order valence-corrected chi connectivity index (χ3v) is 2.85. The Kier molecular flexibility index (Phi) is 3.33. The van der Waals surface area contributed by atoms with Gasteiger partial charge < -0.3 is 14.6 Å². The number of hydrogen-bond donors (Lipinski definition) is 1. The summed E-state index contributed by atoms with van der Waals surface area (Å²) in [6.07, 6.45) is 1.96. The molecule has 1 unspecified atom stereocenters. The maximum Gasteiger partial charge on any atom is 0.229 e. The first kappa shape index (κ1) is 10.6. The highest BCUT2D eigenvalue weighted by Crippen LogP contribution is 2.25. The van der Waals surface area contributed by atoms with Crippen molar-refractivity contribution in [3.63, 3.8) is 0 Å². The van der Waals surface area contributed by atoms with E-state index in [9.17, 15) is 0 Å². The van der Waals surface area contributed by atoms with Crippen LogP contribution in [0.25, 0.3) is 0 Å². The molecule has 5 heteroatoms. The second-order valence-corrected chi connectivity index (χ2v) is 3.89. The van der Waals surface area contributed by atoms with Gasteiger partial charge in [-0.1, -0.05) is 5.16 Å². The van der Waals surface area contributed by atoms with Crippen LogP contribution in [0, 0.1) is 0 Å². The molecule has 1 aromatic heterocycles. The fraction of sp³-hybridized carbons (Fsp3) is 0.800. The van der Waals surface area contributed by atoms with Gasteiger partial charge in [-0.3, -0.25) is 0 Å². The number of rotatable bonds is 3. The second kappa shape index (κ2) is 4.72. The quantitative estimate of drug-likeness (QED) is 0.815. The summed E-state index contributed by atoms with van der Waals surface area (Å²) in [4.78, 5) is 4.41. The van der Waals surface area contributed by atoms with E-state index < -0.39 is 0 Å². The molecule has 0 amide bonds. The highest BCUT2D eigenvalue weighted by atomic mass is 16.5. The van der Waals surface area contributed by atoms with E-state index >= 15 is 0 Å². The van der Waals surface area contributed by atoms with E-state index in [1.165, 1.54) is 0 Å². The molecular formula is C10H17N3O2. The average Bonchev–Trinajstić information content (AvgIpc) is 2.78. The lowest BCUT2D eigenvalue weighted by Gasteiger charge is -2.18. The first-order chi connectivity index (χ1) is 7.31. The van der Waals surface area contributed by atoms with Crippen molar-refractivity contribution in [3.8, 4) is 0 Å². The Morgan fingerprint density at radius 2 is 2.13 bits per heavy atom. The van der Waals surface area contributed by atoms with E-state index in [0.29, 0.717) is 5.92 Å². The molecule has 1 atom stereocenters. The van der Waals surface area contributed by atoms with Crippen LogP contribution in [-0.2, 0) is 4.74 Å². The maximum absolute atomic E-state index is 5.29. The Hall–Kier alpha value is -0.940. The van der Waals surface area contributed by atoms with Gasteiger partial charge in [-0.25, -0.2) is 0 Å². The van der Waals surface area contributed by atoms with Crippen LogP contribution in [0.1, 0.15) is 43.4 Å². The molecule has 5 nitrogen and oxygen atoms in total. The molecule has 1 N–H and O–H groups in total. The van der Waals surface area contributed by atoms with Crippen LogP contribution in [0.15, 0.2) is 4.52 Å². The van der Waals surface area contributed by atoms with E-state index in [0.717, 1.165) is 37.8 Å². The van der Waals surface area contributed by atoms with Gasteiger partial charge in [-0.2, -0.15) is 4.98 Å². The Balaban J connectivity index is 2.05. The third-order valence-electron chi connectivity index (χ3n) is 2.85. The van der Waals surface area contributed by atoms with Crippen molar-refractivity contribution in [1.29, 1.82) is 0 Å². The topological polar surface area (TPSA) is 60.2 Å². The Labute approximate surface area is 89.2 Å². The minimum absolute atomic E-state index is 0.141. The van der Waals surface area contributed by atoms with Gasteiger partial charge in [0.25, 0.3) is 0 Å². The largest absolute Gasteiger partial charge is 0.381 e. The smallest absolute Gasteiger partial charge is 0.229 e. The predicted octanol–water partition coefficient (Wildman–Crippen LogP) is 1.24. The van der Waals surface area contributed by atoms with E-state index in [4.69, 9.17) is 9.26 Å². The van der Waals surface area contributed by atoms with Crippen molar-refractivity contribution in [2.75, 3.05) is 20.3 Å². The van der Waals surface area contributed by atoms with Gasteiger partial charge in [0.15, 0.2) is 5.82 Å². The summed E-state index contributed by atoms with van der Waals surface area (Å²) in [5.41, 5.74) is 0. The lowest BCUT2D eigenvalue weighted by molar-refractivity contribution is 0.0778. The van der Waals surface area contributed by atoms with E-state index in [2.05, 4.69) is 15.5 Å². The molecule has 1 aliphatic rings. The average molecular weight is 211 g/mol. The highest BCUT2D eigenvalue weighted by molar-refractivity contribution is 4.97. The monoisotopic (exact) mass is 211 g/mol. The first-order valence-corrected chi connectivity index (χ1v) is 5.39. The summed E-state index contributed by atoms with van der Waals surface area (Å²) in [6.45, 7) is 3.60. The van der Waals surface area contributed by atoms with E-state index in [-0.39, 0.29) is 6.04 Å². The van der Waals surface area contributed by atoms with Gasteiger partial charge in [0.1, 0.15) is 0 Å². The SMILES string of the molecule is CNC(C)c1noc(C2CCOCC2)n1. The molecule has 15 heavy (non-hydrogen) atoms. The summed E-state index contributed by atoms with van der Waals surface area (Å²) >= 11 is 0. The summed E-state index contributed by atoms with van der Waals surface area (Å²) in [7, 11) is 1.88. The molecule has 1 saturated heterocycles. The van der Waals surface area contributed by atoms with Crippen molar-refractivity contribution in [2.24, 2.45) is 0 Å². The number of nitrogens with zero attached hydrogens (tertiary/aromatic N) is 2. The molecule has 2 heterocycles. The molecule has 84 valence electrons. The van der Waals surface area contributed by atoms with Crippen LogP contribution in [0.5, 0.6) is 0 Å². The Morgan fingerprint density at radius 3 is 2.80 bits per heavy atom. The van der Waals surface area contributed by atoms with E-state index in [1.54, 1.807) is 0 Å².